The van der Waals surface area contributed by atoms with Crippen molar-refractivity contribution in [3.63, 3.8) is 0 Å². The van der Waals surface area contributed by atoms with Crippen LogP contribution >= 0.6 is 0 Å². The minimum Gasteiger partial charge on any atom is -0.444 e. The number of ether oxygens (including phenoxy) is 2. The number of nitrogens with one attached hydrogen (secondary N) is 6. The molecule has 1 fully saturated rings. The number of nitrogens with zero attached hydrogens (tertiary/aromatic N) is 8. The molecule has 1 unspecified atom stereocenters. The molecule has 1 aliphatic rings. The van der Waals surface area contributed by atoms with Gasteiger partial charge in [-0.1, -0.05) is 32.9 Å². The summed E-state index contributed by atoms with van der Waals surface area (Å²) >= 11 is 0. The molecule has 6 aromatic heterocycles. The number of benzene rings is 2. The van der Waals surface area contributed by atoms with Crippen molar-refractivity contribution < 1.29 is 23.9 Å². The fourth-order valence-electron chi connectivity index (χ4n) is 8.93. The third-order valence-corrected chi connectivity index (χ3v) is 12.8. The molecule has 0 radical (unpaired) electrons. The average Bonchev–Trinajstić information content (AvgIpc) is 4.43. The first-order valence-electron chi connectivity index (χ1n) is 27.3. The highest BCUT2D eigenvalue weighted by molar-refractivity contribution is 5.98. The van der Waals surface area contributed by atoms with Gasteiger partial charge in [-0.15, -0.1) is 0 Å². The number of aromatic amines is 3. The monoisotopic (exact) mass is 1080 g/mol. The van der Waals surface area contributed by atoms with Crippen LogP contribution in [0.3, 0.4) is 0 Å². The fraction of sp³-hybridized carbons (Fsp3) is 0.441. The van der Waals surface area contributed by atoms with Gasteiger partial charge in [0.2, 0.25) is 0 Å². The molecule has 79 heavy (non-hydrogen) atoms. The molecule has 7 heterocycles. The van der Waals surface area contributed by atoms with Gasteiger partial charge >= 0.3 is 6.09 Å². The lowest BCUT2D eigenvalue weighted by Crippen LogP contribution is -2.36. The number of fused-ring (bicyclic) bond motifs is 2. The summed E-state index contributed by atoms with van der Waals surface area (Å²) in [6.07, 6.45) is 13.0. The largest absolute Gasteiger partial charge is 0.444 e. The van der Waals surface area contributed by atoms with E-state index in [4.69, 9.17) is 20.3 Å². The summed E-state index contributed by atoms with van der Waals surface area (Å²) in [5, 5.41) is 23.4. The van der Waals surface area contributed by atoms with Gasteiger partial charge in [-0.25, -0.2) is 19.4 Å². The van der Waals surface area contributed by atoms with Crippen molar-refractivity contribution in [3.05, 3.63) is 107 Å². The molecule has 0 bridgehead atoms. The third-order valence-electron chi connectivity index (χ3n) is 12.8. The van der Waals surface area contributed by atoms with Gasteiger partial charge in [-0.05, 0) is 159 Å². The Hall–Kier alpha value is -7.81. The van der Waals surface area contributed by atoms with Crippen molar-refractivity contribution in [3.8, 4) is 45.3 Å². The lowest BCUT2D eigenvalue weighted by molar-refractivity contribution is -0.0365. The van der Waals surface area contributed by atoms with E-state index in [1.165, 1.54) is 17.3 Å². The Kier molecular flexibility index (Phi) is 19.5. The van der Waals surface area contributed by atoms with E-state index in [-0.39, 0.29) is 36.2 Å². The van der Waals surface area contributed by atoms with Gasteiger partial charge in [0.05, 0.1) is 30.0 Å². The van der Waals surface area contributed by atoms with Gasteiger partial charge in [0.1, 0.15) is 28.4 Å². The highest BCUT2D eigenvalue weighted by atomic mass is 16.6. The van der Waals surface area contributed by atoms with Crippen LogP contribution in [0.1, 0.15) is 145 Å². The van der Waals surface area contributed by atoms with Gasteiger partial charge in [-0.3, -0.25) is 24.7 Å². The second-order valence-electron chi connectivity index (χ2n) is 21.7. The number of rotatable bonds is 15. The molecule has 1 saturated heterocycles. The second kappa shape index (κ2) is 26.2. The molecule has 0 spiro atoms. The number of pyridine rings is 2. The van der Waals surface area contributed by atoms with E-state index in [0.29, 0.717) is 60.2 Å². The minimum atomic E-state index is -0.577. The van der Waals surface area contributed by atoms with E-state index in [0.717, 1.165) is 87.5 Å². The summed E-state index contributed by atoms with van der Waals surface area (Å²) in [6, 6.07) is 12.8. The number of nitrogens with two attached hydrogens (primary N) is 1. The summed E-state index contributed by atoms with van der Waals surface area (Å²) in [4.78, 5) is 63.6. The summed E-state index contributed by atoms with van der Waals surface area (Å²) in [7, 11) is 0. The molecular formula is C59H79N15O5. The van der Waals surface area contributed by atoms with Crippen LogP contribution in [0.15, 0.2) is 73.6 Å². The van der Waals surface area contributed by atoms with Crippen LogP contribution < -0.4 is 21.7 Å². The summed E-state index contributed by atoms with van der Waals surface area (Å²) in [5.74, 6) is 0.654. The Balaban J connectivity index is 0.000000225. The Bertz CT molecular complexity index is 3350. The number of hydrogen-bond acceptors (Lipinski definition) is 13. The number of carbonyl (C=O) groups excluding carboxylic acids is 3. The van der Waals surface area contributed by atoms with Gasteiger partial charge in [0.15, 0.2) is 17.9 Å². The Morgan fingerprint density at radius 3 is 1.91 bits per heavy atom. The predicted octanol–water partition coefficient (Wildman–Crippen LogP) is 10.3. The molecule has 420 valence electrons. The second-order valence-corrected chi connectivity index (χ2v) is 21.7. The van der Waals surface area contributed by atoms with Crippen LogP contribution in [0.25, 0.3) is 67.1 Å². The lowest BCUT2D eigenvalue weighted by Gasteiger charge is -2.27. The zero-order chi connectivity index (χ0) is 57.1. The molecule has 1 aliphatic heterocycles. The first-order chi connectivity index (χ1) is 37.7. The van der Waals surface area contributed by atoms with Crippen LogP contribution in [0.4, 0.5) is 4.79 Å². The SMILES string of the molecule is CC(C)N.CCN(Cc1cncc(-c2ccc3c(c2)c(-c2ncc(C(=O)NC(C)C)[nH]2)nn3C2CCCCO2)c1C)C(=O)OC(C)(C)C.CCNCc1cncc(-c2ccc3[nH]nc(-c4ncc(C(=O)NC(C)C)[nH]4)c3c2)c1C. The van der Waals surface area contributed by atoms with Crippen LogP contribution in [0.5, 0.6) is 0 Å². The minimum absolute atomic E-state index is 0.00134. The number of hydrogen-bond donors (Lipinski definition) is 7. The number of aromatic nitrogens is 10. The molecule has 8 N–H and O–H groups in total. The summed E-state index contributed by atoms with van der Waals surface area (Å²) in [6.45, 7) is 28.6. The van der Waals surface area contributed by atoms with Crippen molar-refractivity contribution in [2.75, 3.05) is 19.7 Å². The van der Waals surface area contributed by atoms with Crippen molar-refractivity contribution in [2.24, 2.45) is 5.73 Å². The number of H-pyrrole nitrogens is 3. The first-order valence-corrected chi connectivity index (χ1v) is 27.3. The molecule has 20 heteroatoms. The maximum Gasteiger partial charge on any atom is 0.410 e. The van der Waals surface area contributed by atoms with E-state index < -0.39 is 5.60 Å². The van der Waals surface area contributed by atoms with E-state index >= 15 is 0 Å². The molecule has 1 atom stereocenters. The zero-order valence-corrected chi connectivity index (χ0v) is 48.1. The lowest BCUT2D eigenvalue weighted by atomic mass is 9.97. The van der Waals surface area contributed by atoms with Crippen LogP contribution in [0, 0.1) is 13.8 Å². The number of imidazole rings is 2. The van der Waals surface area contributed by atoms with Crippen molar-refractivity contribution in [2.45, 2.75) is 152 Å². The highest BCUT2D eigenvalue weighted by Gasteiger charge is 2.26. The summed E-state index contributed by atoms with van der Waals surface area (Å²) < 4.78 is 13.7. The van der Waals surface area contributed by atoms with Crippen molar-refractivity contribution in [1.82, 2.24) is 70.7 Å². The molecule has 9 rings (SSSR count). The molecular weight excluding hydrogens is 999 g/mol. The van der Waals surface area contributed by atoms with Gasteiger partial charge in [0.25, 0.3) is 11.8 Å². The normalized spacial score (nSPS) is 13.6. The maximum absolute atomic E-state index is 12.8. The van der Waals surface area contributed by atoms with Crippen molar-refractivity contribution in [1.29, 1.82) is 0 Å². The average molecular weight is 1080 g/mol. The Labute approximate surface area is 462 Å². The van der Waals surface area contributed by atoms with Gasteiger partial charge in [-0.2, -0.15) is 10.2 Å². The van der Waals surface area contributed by atoms with Crippen molar-refractivity contribution >= 4 is 39.7 Å². The molecule has 20 nitrogen and oxygen atoms in total. The maximum atomic E-state index is 12.8. The third kappa shape index (κ3) is 14.9. The highest BCUT2D eigenvalue weighted by Crippen LogP contribution is 2.36. The van der Waals surface area contributed by atoms with Gasteiger partial charge < -0.3 is 46.0 Å². The van der Waals surface area contributed by atoms with Crippen LogP contribution in [-0.4, -0.2) is 116 Å². The number of amides is 3. The molecule has 0 saturated carbocycles. The first kappa shape index (κ1) is 58.9. The van der Waals surface area contributed by atoms with Gasteiger partial charge in [0, 0.05) is 78.5 Å². The number of carbonyl (C=O) groups is 3. The standard InChI is InChI=1S/C33H43N7O4.C23H27N7O.C3H9N/c1-8-39(32(42)44-33(5,6)7)19-23-16-34-17-25(21(23)4)22-12-13-27-24(15-22)29(38-40(27)28-11-9-10-14-43-28)30-35-18-26(37-30)31(41)36-20(2)3;1-5-24-9-16-10-25-11-18(14(16)4)15-6-7-19-17(8-15)21(30-29-19)22-26-12-20(28-22)23(31)27-13(2)3;1-3(2)4/h12-13,15-18,20,28H,8-11,14,19H2,1-7H3,(H,35,37)(H,36,41);6-8,10-13,24H,5,9H2,1-4H3,(H,26,28)(H,27,31)(H,29,30);3H,4H2,1-2H3. The Morgan fingerprint density at radius 1 is 0.785 bits per heavy atom. The summed E-state index contributed by atoms with van der Waals surface area (Å²) in [5.41, 5.74) is 16.9. The molecule has 2 aromatic carbocycles. The molecule has 0 aliphatic carbocycles. The van der Waals surface area contributed by atoms with E-state index in [9.17, 15) is 14.4 Å². The zero-order valence-electron chi connectivity index (χ0n) is 48.1. The van der Waals surface area contributed by atoms with Crippen LogP contribution in [0.2, 0.25) is 0 Å². The fourth-order valence-corrected chi connectivity index (χ4v) is 8.93. The van der Waals surface area contributed by atoms with E-state index in [2.05, 4.69) is 100 Å². The van der Waals surface area contributed by atoms with E-state index in [1.54, 1.807) is 17.3 Å². The molecule has 8 aromatic rings. The van der Waals surface area contributed by atoms with Crippen LogP contribution in [-0.2, 0) is 22.6 Å². The predicted molar refractivity (Wildman–Crippen MR) is 310 cm³/mol. The van der Waals surface area contributed by atoms with E-state index in [1.807, 2.05) is 105 Å². The topological polar surface area (TPSA) is 265 Å². The Morgan fingerprint density at radius 2 is 1.35 bits per heavy atom. The smallest absolute Gasteiger partial charge is 0.410 e. The molecule has 3 amide bonds. The quantitative estimate of drug-likeness (QED) is 0.0504.